The molecule has 0 amide bonds. The van der Waals surface area contributed by atoms with Gasteiger partial charge in [-0.2, -0.15) is 5.10 Å². The SMILES string of the molecule is NC(=S)c1ccc(-n2cn[nH]c2=O)c(F)c1. The van der Waals surface area contributed by atoms with Gasteiger partial charge in [0, 0.05) is 5.56 Å². The van der Waals surface area contributed by atoms with E-state index in [1.165, 1.54) is 18.5 Å². The zero-order chi connectivity index (χ0) is 11.7. The van der Waals surface area contributed by atoms with Gasteiger partial charge < -0.3 is 5.73 Å². The van der Waals surface area contributed by atoms with Gasteiger partial charge in [0.2, 0.25) is 0 Å². The monoisotopic (exact) mass is 238 g/mol. The van der Waals surface area contributed by atoms with E-state index in [1.807, 2.05) is 0 Å². The summed E-state index contributed by atoms with van der Waals surface area (Å²) in [6.45, 7) is 0. The third-order valence-electron chi connectivity index (χ3n) is 2.04. The maximum Gasteiger partial charge on any atom is 0.347 e. The molecule has 0 aliphatic rings. The van der Waals surface area contributed by atoms with E-state index in [9.17, 15) is 9.18 Å². The smallest absolute Gasteiger partial charge is 0.347 e. The third kappa shape index (κ3) is 1.72. The highest BCUT2D eigenvalue weighted by molar-refractivity contribution is 7.80. The molecule has 0 radical (unpaired) electrons. The van der Waals surface area contributed by atoms with E-state index in [0.717, 1.165) is 4.57 Å². The van der Waals surface area contributed by atoms with Crippen molar-refractivity contribution < 1.29 is 4.39 Å². The normalized spacial score (nSPS) is 10.3. The van der Waals surface area contributed by atoms with Crippen molar-refractivity contribution in [2.45, 2.75) is 0 Å². The molecular formula is C9H7FN4OS. The number of nitrogens with two attached hydrogens (primary N) is 1. The van der Waals surface area contributed by atoms with Crippen LogP contribution in [-0.4, -0.2) is 19.8 Å². The van der Waals surface area contributed by atoms with E-state index in [0.29, 0.717) is 5.56 Å². The van der Waals surface area contributed by atoms with Gasteiger partial charge >= 0.3 is 5.69 Å². The number of hydrogen-bond acceptors (Lipinski definition) is 3. The van der Waals surface area contributed by atoms with E-state index >= 15 is 0 Å². The lowest BCUT2D eigenvalue weighted by Crippen LogP contribution is -2.16. The molecule has 0 atom stereocenters. The highest BCUT2D eigenvalue weighted by Crippen LogP contribution is 2.13. The summed E-state index contributed by atoms with van der Waals surface area (Å²) in [5.41, 5.74) is 5.35. The first kappa shape index (κ1) is 10.5. The van der Waals surface area contributed by atoms with Gasteiger partial charge in [0.25, 0.3) is 0 Å². The van der Waals surface area contributed by atoms with Crippen molar-refractivity contribution >= 4 is 17.2 Å². The van der Waals surface area contributed by atoms with Crippen LogP contribution in [0.1, 0.15) is 5.56 Å². The number of thiocarbonyl (C=S) groups is 1. The molecule has 0 saturated carbocycles. The van der Waals surface area contributed by atoms with Crippen LogP contribution in [0.4, 0.5) is 4.39 Å². The first-order valence-electron chi connectivity index (χ1n) is 4.31. The van der Waals surface area contributed by atoms with Crippen LogP contribution in [0.3, 0.4) is 0 Å². The number of H-pyrrole nitrogens is 1. The van der Waals surface area contributed by atoms with Gasteiger partial charge in [0.15, 0.2) is 0 Å². The molecule has 1 aromatic heterocycles. The molecule has 0 unspecified atom stereocenters. The summed E-state index contributed by atoms with van der Waals surface area (Å²) >= 11 is 4.71. The lowest BCUT2D eigenvalue weighted by Gasteiger charge is -2.04. The minimum Gasteiger partial charge on any atom is -0.389 e. The van der Waals surface area contributed by atoms with Crippen molar-refractivity contribution in [3.63, 3.8) is 0 Å². The Bertz CT molecular complexity index is 604. The molecule has 2 rings (SSSR count). The van der Waals surface area contributed by atoms with Crippen LogP contribution < -0.4 is 11.4 Å². The van der Waals surface area contributed by atoms with E-state index in [1.54, 1.807) is 6.07 Å². The first-order chi connectivity index (χ1) is 7.59. The van der Waals surface area contributed by atoms with Crippen LogP contribution in [0.2, 0.25) is 0 Å². The number of nitrogens with one attached hydrogen (secondary N) is 1. The Kier molecular flexibility index (Phi) is 2.53. The number of hydrogen-bond donors (Lipinski definition) is 2. The molecule has 82 valence electrons. The first-order valence-corrected chi connectivity index (χ1v) is 4.72. The molecule has 0 aliphatic carbocycles. The molecule has 3 N–H and O–H groups in total. The summed E-state index contributed by atoms with van der Waals surface area (Å²) in [6.07, 6.45) is 1.20. The second-order valence-electron chi connectivity index (χ2n) is 3.06. The topological polar surface area (TPSA) is 76.7 Å². The minimum absolute atomic E-state index is 0.0961. The summed E-state index contributed by atoms with van der Waals surface area (Å²) in [6, 6.07) is 4.14. The Balaban J connectivity index is 2.57. The standard InChI is InChI=1S/C9H7FN4OS/c10-6-3-5(8(11)16)1-2-7(6)14-4-12-13-9(14)15/h1-4H,(H2,11,16)(H,13,15). The average molecular weight is 238 g/mol. The Morgan fingerprint density at radius 1 is 1.56 bits per heavy atom. The Morgan fingerprint density at radius 2 is 2.31 bits per heavy atom. The molecule has 1 aromatic carbocycles. The third-order valence-corrected chi connectivity index (χ3v) is 2.28. The number of nitrogens with zero attached hydrogens (tertiary/aromatic N) is 2. The van der Waals surface area contributed by atoms with Crippen molar-refractivity contribution in [3.8, 4) is 5.69 Å². The molecule has 7 heteroatoms. The fraction of sp³-hybridized carbons (Fsp3) is 0. The number of rotatable bonds is 2. The Morgan fingerprint density at radius 3 is 2.81 bits per heavy atom. The lowest BCUT2D eigenvalue weighted by atomic mass is 10.2. The van der Waals surface area contributed by atoms with Gasteiger partial charge in [-0.3, -0.25) is 0 Å². The lowest BCUT2D eigenvalue weighted by molar-refractivity contribution is 0.616. The molecule has 2 aromatic rings. The van der Waals surface area contributed by atoms with Gasteiger partial charge in [-0.25, -0.2) is 18.9 Å². The average Bonchev–Trinajstić information content (AvgIpc) is 2.64. The van der Waals surface area contributed by atoms with E-state index < -0.39 is 11.5 Å². The van der Waals surface area contributed by atoms with E-state index in [2.05, 4.69) is 10.2 Å². The zero-order valence-electron chi connectivity index (χ0n) is 7.98. The Hall–Kier alpha value is -2.02. The molecule has 1 heterocycles. The summed E-state index contributed by atoms with van der Waals surface area (Å²) in [5.74, 6) is -0.589. The van der Waals surface area contributed by atoms with Gasteiger partial charge in [-0.05, 0) is 18.2 Å². The molecule has 5 nitrogen and oxygen atoms in total. The summed E-state index contributed by atoms with van der Waals surface area (Å²) in [7, 11) is 0. The van der Waals surface area contributed by atoms with Crippen LogP contribution in [0.25, 0.3) is 5.69 Å². The number of halogens is 1. The summed E-state index contributed by atoms with van der Waals surface area (Å²) in [5, 5.41) is 5.68. The molecule has 16 heavy (non-hydrogen) atoms. The van der Waals surface area contributed by atoms with Gasteiger partial charge in [-0.1, -0.05) is 12.2 Å². The summed E-state index contributed by atoms with van der Waals surface area (Å²) in [4.78, 5) is 11.3. The van der Waals surface area contributed by atoms with E-state index in [-0.39, 0.29) is 10.7 Å². The molecule has 0 fully saturated rings. The predicted molar refractivity (Wildman–Crippen MR) is 60.0 cm³/mol. The highest BCUT2D eigenvalue weighted by Gasteiger charge is 2.09. The highest BCUT2D eigenvalue weighted by atomic mass is 32.1. The van der Waals surface area contributed by atoms with Crippen LogP contribution in [0.15, 0.2) is 29.3 Å². The molecule has 0 aliphatic heterocycles. The fourth-order valence-electron chi connectivity index (χ4n) is 1.28. The molecular weight excluding hydrogens is 231 g/mol. The van der Waals surface area contributed by atoms with Crippen molar-refractivity contribution in [3.05, 3.63) is 46.4 Å². The Labute approximate surface area is 94.7 Å². The van der Waals surface area contributed by atoms with Gasteiger partial charge in [0.05, 0.1) is 5.69 Å². The second kappa shape index (κ2) is 3.86. The van der Waals surface area contributed by atoms with Crippen molar-refractivity contribution in [2.75, 3.05) is 0 Å². The fourth-order valence-corrected chi connectivity index (χ4v) is 1.40. The maximum atomic E-state index is 13.6. The van der Waals surface area contributed by atoms with Gasteiger partial charge in [-0.15, -0.1) is 0 Å². The number of aromatic nitrogens is 3. The number of benzene rings is 1. The molecule has 0 bridgehead atoms. The van der Waals surface area contributed by atoms with E-state index in [4.69, 9.17) is 18.0 Å². The minimum atomic E-state index is -0.589. The van der Waals surface area contributed by atoms with Gasteiger partial charge in [0.1, 0.15) is 17.1 Å². The quantitative estimate of drug-likeness (QED) is 0.739. The van der Waals surface area contributed by atoms with Crippen molar-refractivity contribution in [2.24, 2.45) is 5.73 Å². The van der Waals surface area contributed by atoms with Crippen molar-refractivity contribution in [1.82, 2.24) is 14.8 Å². The van der Waals surface area contributed by atoms with Crippen molar-refractivity contribution in [1.29, 1.82) is 0 Å². The van der Waals surface area contributed by atoms with Crippen LogP contribution >= 0.6 is 12.2 Å². The maximum absolute atomic E-state index is 13.6. The molecule has 0 saturated heterocycles. The number of aromatic amines is 1. The summed E-state index contributed by atoms with van der Waals surface area (Å²) < 4.78 is 14.7. The van der Waals surface area contributed by atoms with Crippen LogP contribution in [0, 0.1) is 5.82 Å². The second-order valence-corrected chi connectivity index (χ2v) is 3.50. The zero-order valence-corrected chi connectivity index (χ0v) is 8.79. The van der Waals surface area contributed by atoms with Crippen LogP contribution in [0.5, 0.6) is 0 Å². The van der Waals surface area contributed by atoms with Crippen LogP contribution in [-0.2, 0) is 0 Å². The predicted octanol–water partition coefficient (Wildman–Crippen LogP) is 0.334. The largest absolute Gasteiger partial charge is 0.389 e. The molecule has 0 spiro atoms.